The smallest absolute Gasteiger partial charge is 0.159 e. The molecule has 2 unspecified atom stereocenters. The van der Waals surface area contributed by atoms with Gasteiger partial charge in [0.1, 0.15) is 17.4 Å². The zero-order chi connectivity index (χ0) is 12.9. The van der Waals surface area contributed by atoms with E-state index in [-0.39, 0.29) is 23.2 Å². The summed E-state index contributed by atoms with van der Waals surface area (Å²) in [6.07, 6.45) is 3.87. The first-order chi connectivity index (χ1) is 8.58. The molecule has 2 nitrogen and oxygen atoms in total. The third-order valence-corrected chi connectivity index (χ3v) is 3.89. The highest BCUT2D eigenvalue weighted by Crippen LogP contribution is 2.47. The number of carbonyl (C=O) groups is 1. The van der Waals surface area contributed by atoms with E-state index in [9.17, 15) is 13.6 Å². The Kier molecular flexibility index (Phi) is 2.47. The number of phenolic OH excluding ortho intramolecular Hbond substituents is 1. The lowest BCUT2D eigenvalue weighted by Crippen LogP contribution is -2.10. The van der Waals surface area contributed by atoms with Crippen molar-refractivity contribution < 1.29 is 18.7 Å². The van der Waals surface area contributed by atoms with Gasteiger partial charge in [0.2, 0.25) is 0 Å². The van der Waals surface area contributed by atoms with Crippen molar-refractivity contribution >= 4 is 11.4 Å². The van der Waals surface area contributed by atoms with Crippen LogP contribution in [0.5, 0.6) is 5.75 Å². The van der Waals surface area contributed by atoms with Gasteiger partial charge in [0, 0.05) is 23.6 Å². The van der Waals surface area contributed by atoms with Crippen molar-refractivity contribution in [2.75, 3.05) is 0 Å². The summed E-state index contributed by atoms with van der Waals surface area (Å²) in [5.41, 5.74) is 0.299. The average Bonchev–Trinajstić information content (AvgIpc) is 2.83. The van der Waals surface area contributed by atoms with Crippen molar-refractivity contribution in [3.05, 3.63) is 35.4 Å². The van der Waals surface area contributed by atoms with Gasteiger partial charge in [-0.3, -0.25) is 4.79 Å². The maximum absolute atomic E-state index is 13.8. The number of ketones is 1. The van der Waals surface area contributed by atoms with Crippen LogP contribution in [0.3, 0.4) is 0 Å². The van der Waals surface area contributed by atoms with E-state index in [1.807, 2.05) is 0 Å². The Balaban J connectivity index is 2.11. The van der Waals surface area contributed by atoms with E-state index in [0.29, 0.717) is 5.57 Å². The first-order valence-electron chi connectivity index (χ1n) is 6.01. The summed E-state index contributed by atoms with van der Waals surface area (Å²) in [4.78, 5) is 11.8. The van der Waals surface area contributed by atoms with Gasteiger partial charge < -0.3 is 5.11 Å². The van der Waals surface area contributed by atoms with Crippen LogP contribution >= 0.6 is 0 Å². The number of hydrogen-bond acceptors (Lipinski definition) is 2. The molecule has 0 amide bonds. The predicted molar refractivity (Wildman–Crippen MR) is 61.8 cm³/mol. The van der Waals surface area contributed by atoms with Crippen molar-refractivity contribution in [3.8, 4) is 5.75 Å². The lowest BCUT2D eigenvalue weighted by atomic mass is 9.90. The minimum absolute atomic E-state index is 0.0284. The molecule has 3 rings (SSSR count). The summed E-state index contributed by atoms with van der Waals surface area (Å²) in [5.74, 6) is -2.25. The predicted octanol–water partition coefficient (Wildman–Crippen LogP) is 3.05. The molecule has 18 heavy (non-hydrogen) atoms. The van der Waals surface area contributed by atoms with Gasteiger partial charge in [0.05, 0.1) is 0 Å². The van der Waals surface area contributed by atoms with Gasteiger partial charge in [-0.2, -0.15) is 0 Å². The largest absolute Gasteiger partial charge is 0.508 e. The highest BCUT2D eigenvalue weighted by atomic mass is 19.1. The van der Waals surface area contributed by atoms with Crippen LogP contribution in [0.1, 0.15) is 24.8 Å². The standard InChI is InChI=1S/C14H12F2O2/c15-11-4-7(17)5-12(16)14(11)10-6-13(18)9-3-1-2-8(9)10/h4-6,8-9,17H,1-3H2. The molecule has 0 aliphatic heterocycles. The molecule has 1 fully saturated rings. The van der Waals surface area contributed by atoms with E-state index >= 15 is 0 Å². The summed E-state index contributed by atoms with van der Waals surface area (Å²) in [6.45, 7) is 0. The molecule has 4 heteroatoms. The Morgan fingerprint density at radius 1 is 1.11 bits per heavy atom. The molecule has 2 atom stereocenters. The summed E-state index contributed by atoms with van der Waals surface area (Å²) >= 11 is 0. The zero-order valence-electron chi connectivity index (χ0n) is 9.62. The Morgan fingerprint density at radius 2 is 1.72 bits per heavy atom. The molecule has 0 bridgehead atoms. The fourth-order valence-electron chi connectivity index (χ4n) is 3.13. The van der Waals surface area contributed by atoms with Gasteiger partial charge >= 0.3 is 0 Å². The summed E-state index contributed by atoms with van der Waals surface area (Å²) in [6, 6.07) is 1.76. The molecule has 0 radical (unpaired) electrons. The number of phenols is 1. The molecule has 2 aliphatic carbocycles. The van der Waals surface area contributed by atoms with Crippen LogP contribution in [0.2, 0.25) is 0 Å². The third kappa shape index (κ3) is 1.55. The molecule has 0 spiro atoms. The van der Waals surface area contributed by atoms with E-state index in [4.69, 9.17) is 5.11 Å². The highest BCUT2D eigenvalue weighted by molar-refractivity contribution is 6.04. The van der Waals surface area contributed by atoms with Gasteiger partial charge in [-0.25, -0.2) is 8.78 Å². The number of allylic oxidation sites excluding steroid dienone is 2. The molecular formula is C14H12F2O2. The van der Waals surface area contributed by atoms with E-state index in [2.05, 4.69) is 0 Å². The Bertz CT molecular complexity index is 540. The van der Waals surface area contributed by atoms with Crippen molar-refractivity contribution in [2.45, 2.75) is 19.3 Å². The van der Waals surface area contributed by atoms with Crippen LogP contribution in [0.4, 0.5) is 8.78 Å². The number of carbonyl (C=O) groups excluding carboxylic acids is 1. The monoisotopic (exact) mass is 250 g/mol. The second-order valence-corrected chi connectivity index (χ2v) is 4.93. The lowest BCUT2D eigenvalue weighted by molar-refractivity contribution is -0.117. The van der Waals surface area contributed by atoms with Crippen molar-refractivity contribution in [3.63, 3.8) is 0 Å². The van der Waals surface area contributed by atoms with Crippen LogP contribution in [-0.2, 0) is 4.79 Å². The number of rotatable bonds is 1. The van der Waals surface area contributed by atoms with Gasteiger partial charge in [-0.1, -0.05) is 6.42 Å². The van der Waals surface area contributed by atoms with Crippen LogP contribution in [-0.4, -0.2) is 10.9 Å². The van der Waals surface area contributed by atoms with E-state index in [1.165, 1.54) is 6.08 Å². The van der Waals surface area contributed by atoms with Crippen LogP contribution < -0.4 is 0 Å². The van der Waals surface area contributed by atoms with Gasteiger partial charge in [0.15, 0.2) is 5.78 Å². The topological polar surface area (TPSA) is 37.3 Å². The van der Waals surface area contributed by atoms with Crippen LogP contribution in [0.25, 0.3) is 5.57 Å². The minimum Gasteiger partial charge on any atom is -0.508 e. The van der Waals surface area contributed by atoms with Crippen molar-refractivity contribution in [1.29, 1.82) is 0 Å². The molecule has 1 N–H and O–H groups in total. The second kappa shape index (κ2) is 3.90. The van der Waals surface area contributed by atoms with Crippen LogP contribution in [0, 0.1) is 23.5 Å². The Morgan fingerprint density at radius 3 is 2.39 bits per heavy atom. The maximum atomic E-state index is 13.8. The normalized spacial score (nSPS) is 26.3. The first kappa shape index (κ1) is 11.4. The lowest BCUT2D eigenvalue weighted by Gasteiger charge is -2.14. The van der Waals surface area contributed by atoms with Crippen LogP contribution in [0.15, 0.2) is 18.2 Å². The molecule has 0 aromatic heterocycles. The quantitative estimate of drug-likeness (QED) is 0.831. The van der Waals surface area contributed by atoms with Crippen molar-refractivity contribution in [2.24, 2.45) is 11.8 Å². The molecule has 1 aromatic rings. The number of aromatic hydroxyl groups is 1. The zero-order valence-corrected chi connectivity index (χ0v) is 9.62. The molecule has 94 valence electrons. The second-order valence-electron chi connectivity index (χ2n) is 4.93. The first-order valence-corrected chi connectivity index (χ1v) is 6.01. The Hall–Kier alpha value is -1.71. The van der Waals surface area contributed by atoms with E-state index < -0.39 is 17.4 Å². The molecule has 0 heterocycles. The number of hydrogen-bond donors (Lipinski definition) is 1. The summed E-state index contributed by atoms with van der Waals surface area (Å²) in [5, 5.41) is 9.13. The summed E-state index contributed by atoms with van der Waals surface area (Å²) in [7, 11) is 0. The van der Waals surface area contributed by atoms with Gasteiger partial charge in [-0.15, -0.1) is 0 Å². The fraction of sp³-hybridized carbons (Fsp3) is 0.357. The minimum atomic E-state index is -0.806. The number of fused-ring (bicyclic) bond motifs is 1. The molecule has 2 aliphatic rings. The van der Waals surface area contributed by atoms with Gasteiger partial charge in [0.25, 0.3) is 0 Å². The van der Waals surface area contributed by atoms with Gasteiger partial charge in [-0.05, 0) is 30.4 Å². The fourth-order valence-corrected chi connectivity index (χ4v) is 3.13. The number of benzene rings is 1. The molecule has 1 aromatic carbocycles. The summed E-state index contributed by atoms with van der Waals surface area (Å²) < 4.78 is 27.6. The van der Waals surface area contributed by atoms with E-state index in [0.717, 1.165) is 31.4 Å². The number of halogens is 2. The molecule has 1 saturated carbocycles. The SMILES string of the molecule is O=C1C=C(c2c(F)cc(O)cc2F)C2CCCC12. The molecular weight excluding hydrogens is 238 g/mol. The maximum Gasteiger partial charge on any atom is 0.159 e. The van der Waals surface area contributed by atoms with Crippen molar-refractivity contribution in [1.82, 2.24) is 0 Å². The third-order valence-electron chi connectivity index (χ3n) is 3.89. The molecule has 0 saturated heterocycles. The average molecular weight is 250 g/mol. The Labute approximate surface area is 103 Å². The highest BCUT2D eigenvalue weighted by Gasteiger charge is 2.41. The van der Waals surface area contributed by atoms with E-state index in [1.54, 1.807) is 0 Å².